The summed E-state index contributed by atoms with van der Waals surface area (Å²) < 4.78 is 70.3. The van der Waals surface area contributed by atoms with Gasteiger partial charge in [-0.05, 0) is 0 Å². The van der Waals surface area contributed by atoms with Gasteiger partial charge in [0.05, 0.1) is 0 Å². The Morgan fingerprint density at radius 3 is 1.09 bits per heavy atom. The van der Waals surface area contributed by atoms with Crippen LogP contribution in [0.15, 0.2) is 0 Å². The SMILES string of the molecule is FC(F)(F)F.O=S(=O)(O)O.[H-].[Na+]. The molecule has 4 nitrogen and oxygen atoms in total. The van der Waals surface area contributed by atoms with Crippen LogP contribution in [-0.4, -0.2) is 24.0 Å². The van der Waals surface area contributed by atoms with E-state index in [1.54, 1.807) is 0 Å². The van der Waals surface area contributed by atoms with Gasteiger partial charge in [0, 0.05) is 0 Å². The summed E-state index contributed by atoms with van der Waals surface area (Å²) in [5.74, 6) is 0. The van der Waals surface area contributed by atoms with Gasteiger partial charge in [0.15, 0.2) is 0 Å². The standard InChI is InChI=1S/CF4.Na.H2O4S.H/c2-1(3,4)5;;1-5(2,3)4;/h;;(H2,1,2,3,4);/q;+1;;-1. The minimum absolute atomic E-state index is 0. The predicted octanol–water partition coefficient (Wildman–Crippen LogP) is -2.06. The largest absolute Gasteiger partial charge is 1.00 e. The van der Waals surface area contributed by atoms with Gasteiger partial charge in [-0.2, -0.15) is 8.42 Å². The molecule has 0 aromatic heterocycles. The van der Waals surface area contributed by atoms with Crippen molar-refractivity contribution < 1.29 is 66.1 Å². The Kier molecular flexibility index (Phi) is 9.84. The van der Waals surface area contributed by atoms with Crippen LogP contribution in [-0.2, 0) is 10.4 Å². The Bertz CT molecular complexity index is 162. The zero-order valence-corrected chi connectivity index (χ0v) is 7.95. The van der Waals surface area contributed by atoms with Crippen LogP contribution in [0, 0.1) is 0 Å². The zero-order chi connectivity index (χ0) is 9.00. The third-order valence-corrected chi connectivity index (χ3v) is 0. The summed E-state index contributed by atoms with van der Waals surface area (Å²) in [7, 11) is -4.67. The third-order valence-electron chi connectivity index (χ3n) is 0. The molecular weight excluding hydrogens is 207 g/mol. The van der Waals surface area contributed by atoms with E-state index in [1.807, 2.05) is 0 Å². The van der Waals surface area contributed by atoms with Gasteiger partial charge < -0.3 is 1.43 Å². The Hall–Kier alpha value is 0.590. The van der Waals surface area contributed by atoms with Crippen molar-refractivity contribution in [3.05, 3.63) is 0 Å². The van der Waals surface area contributed by atoms with E-state index in [1.165, 1.54) is 0 Å². The molecule has 0 heterocycles. The minimum atomic E-state index is -5.50. The molecule has 66 valence electrons. The van der Waals surface area contributed by atoms with Gasteiger partial charge in [-0.1, -0.05) is 0 Å². The van der Waals surface area contributed by atoms with Crippen molar-refractivity contribution in [3.8, 4) is 0 Å². The first-order chi connectivity index (χ1) is 4.00. The van der Waals surface area contributed by atoms with E-state index >= 15 is 0 Å². The number of halogens is 4. The number of hydrogen-bond donors (Lipinski definition) is 2. The molecule has 10 heteroatoms. The molecule has 0 aliphatic heterocycles. The molecule has 0 atom stereocenters. The smallest absolute Gasteiger partial charge is 1.00 e. The van der Waals surface area contributed by atoms with Crippen molar-refractivity contribution in [2.75, 3.05) is 0 Å². The van der Waals surface area contributed by atoms with Crippen LogP contribution < -0.4 is 29.6 Å². The van der Waals surface area contributed by atoms with Crippen LogP contribution in [0.2, 0.25) is 0 Å². The summed E-state index contributed by atoms with van der Waals surface area (Å²) in [4.78, 5) is 0. The molecule has 0 spiro atoms. The van der Waals surface area contributed by atoms with E-state index in [2.05, 4.69) is 0 Å². The minimum Gasteiger partial charge on any atom is -1.00 e. The summed E-state index contributed by atoms with van der Waals surface area (Å²) in [5, 5.41) is 0. The first-order valence-corrected chi connectivity index (χ1v) is 2.85. The number of alkyl halides is 4. The van der Waals surface area contributed by atoms with E-state index in [-0.39, 0.29) is 31.0 Å². The normalized spacial score (nSPS) is 10.7. The molecule has 0 saturated carbocycles. The molecule has 0 aromatic carbocycles. The van der Waals surface area contributed by atoms with E-state index in [9.17, 15) is 17.6 Å². The second-order valence-corrected chi connectivity index (χ2v) is 1.77. The maximum Gasteiger partial charge on any atom is 1.00 e. The fourth-order valence-electron chi connectivity index (χ4n) is 0. The molecule has 0 amide bonds. The van der Waals surface area contributed by atoms with Crippen molar-refractivity contribution in [3.63, 3.8) is 0 Å². The van der Waals surface area contributed by atoms with Gasteiger partial charge in [0.1, 0.15) is 0 Å². The van der Waals surface area contributed by atoms with Gasteiger partial charge in [-0.25, -0.2) is 0 Å². The van der Waals surface area contributed by atoms with Gasteiger partial charge >= 0.3 is 46.4 Å². The molecular formula is CH3F4NaO4S. The predicted molar refractivity (Wildman–Crippen MR) is 22.5 cm³/mol. The first-order valence-electron chi connectivity index (χ1n) is 1.45. The average molecular weight is 210 g/mol. The quantitative estimate of drug-likeness (QED) is 0.274. The molecule has 0 rings (SSSR count). The maximum atomic E-state index is 9.69. The first kappa shape index (κ1) is 17.6. The van der Waals surface area contributed by atoms with Crippen LogP contribution in [0.1, 0.15) is 1.43 Å². The molecule has 0 bridgehead atoms. The Morgan fingerprint density at radius 2 is 1.09 bits per heavy atom. The molecule has 0 fully saturated rings. The third kappa shape index (κ3) is 2240. The average Bonchev–Trinajstić information content (AvgIpc) is 1.12. The van der Waals surface area contributed by atoms with E-state index in [0.29, 0.717) is 0 Å². The summed E-state index contributed by atoms with van der Waals surface area (Å²) in [6.07, 6.45) is -5.50. The van der Waals surface area contributed by atoms with E-state index < -0.39 is 16.8 Å². The van der Waals surface area contributed by atoms with Gasteiger partial charge in [0.25, 0.3) is 0 Å². The topological polar surface area (TPSA) is 74.6 Å². The Balaban J connectivity index is -0.0000000457. The second kappa shape index (κ2) is 6.14. The summed E-state index contributed by atoms with van der Waals surface area (Å²) in [5.41, 5.74) is 0. The van der Waals surface area contributed by atoms with E-state index in [4.69, 9.17) is 17.5 Å². The van der Waals surface area contributed by atoms with Crippen molar-refractivity contribution in [1.29, 1.82) is 0 Å². The molecule has 0 aromatic rings. The molecule has 0 unspecified atom stereocenters. The van der Waals surface area contributed by atoms with E-state index in [0.717, 1.165) is 0 Å². The monoisotopic (exact) mass is 210 g/mol. The summed E-state index contributed by atoms with van der Waals surface area (Å²) in [6.45, 7) is 0. The molecule has 0 saturated heterocycles. The molecule has 0 radical (unpaired) electrons. The van der Waals surface area contributed by atoms with Crippen LogP contribution in [0.25, 0.3) is 0 Å². The molecule has 2 N–H and O–H groups in total. The zero-order valence-electron chi connectivity index (χ0n) is 6.13. The fourth-order valence-corrected chi connectivity index (χ4v) is 0. The van der Waals surface area contributed by atoms with Crippen molar-refractivity contribution in [1.82, 2.24) is 0 Å². The van der Waals surface area contributed by atoms with Crippen molar-refractivity contribution in [2.24, 2.45) is 0 Å². The van der Waals surface area contributed by atoms with Gasteiger partial charge in [-0.3, -0.25) is 9.11 Å². The van der Waals surface area contributed by atoms with Crippen LogP contribution in [0.5, 0.6) is 0 Å². The Morgan fingerprint density at radius 1 is 1.09 bits per heavy atom. The van der Waals surface area contributed by atoms with Crippen LogP contribution in [0.4, 0.5) is 17.6 Å². The number of hydrogen-bond acceptors (Lipinski definition) is 2. The fraction of sp³-hybridized carbons (Fsp3) is 1.00. The van der Waals surface area contributed by atoms with Gasteiger partial charge in [0.2, 0.25) is 0 Å². The van der Waals surface area contributed by atoms with Crippen LogP contribution >= 0.6 is 0 Å². The summed E-state index contributed by atoms with van der Waals surface area (Å²) >= 11 is 0. The van der Waals surface area contributed by atoms with Gasteiger partial charge in [-0.15, -0.1) is 17.6 Å². The number of rotatable bonds is 0. The molecule has 0 aliphatic rings. The van der Waals surface area contributed by atoms with Crippen molar-refractivity contribution in [2.45, 2.75) is 6.43 Å². The second-order valence-electron chi connectivity index (χ2n) is 0.876. The molecule has 0 aliphatic carbocycles. The summed E-state index contributed by atoms with van der Waals surface area (Å²) in [6, 6.07) is 0. The Labute approximate surface area is 82.9 Å². The molecule has 11 heavy (non-hydrogen) atoms. The van der Waals surface area contributed by atoms with Crippen LogP contribution in [0.3, 0.4) is 0 Å². The maximum absolute atomic E-state index is 9.69. The van der Waals surface area contributed by atoms with Crippen molar-refractivity contribution >= 4 is 10.4 Å².